The van der Waals surface area contributed by atoms with Gasteiger partial charge in [-0.3, -0.25) is 0 Å². The maximum absolute atomic E-state index is 13.6. The van der Waals surface area contributed by atoms with Crippen molar-refractivity contribution in [1.29, 1.82) is 0 Å². The zero-order valence-corrected chi connectivity index (χ0v) is 9.93. The van der Waals surface area contributed by atoms with Crippen LogP contribution in [0, 0.1) is 5.82 Å². The molecule has 1 nitrogen and oxygen atoms in total. The van der Waals surface area contributed by atoms with Gasteiger partial charge in [0.05, 0.1) is 0 Å². The molecule has 1 N–H and O–H groups in total. The summed E-state index contributed by atoms with van der Waals surface area (Å²) in [6, 6.07) is 9.05. The third-order valence-corrected chi connectivity index (χ3v) is 3.38. The fourth-order valence-corrected chi connectivity index (χ4v) is 2.45. The molecule has 2 rings (SSSR count). The van der Waals surface area contributed by atoms with Crippen LogP contribution in [-0.4, -0.2) is 7.05 Å². The second-order valence-corrected chi connectivity index (χ2v) is 4.48. The molecule has 0 aliphatic rings. The molecule has 1 aromatic carbocycles. The monoisotopic (exact) mass is 235 g/mol. The van der Waals surface area contributed by atoms with Crippen LogP contribution in [0.4, 0.5) is 4.39 Å². The van der Waals surface area contributed by atoms with E-state index in [0.717, 1.165) is 12.0 Å². The van der Waals surface area contributed by atoms with E-state index < -0.39 is 0 Å². The smallest absolute Gasteiger partial charge is 0.127 e. The van der Waals surface area contributed by atoms with Gasteiger partial charge in [0.25, 0.3) is 0 Å². The first-order valence-electron chi connectivity index (χ1n) is 5.24. The minimum absolute atomic E-state index is 0.0378. The third-order valence-electron chi connectivity index (χ3n) is 2.65. The molecule has 3 heteroatoms. The molecule has 84 valence electrons. The summed E-state index contributed by atoms with van der Waals surface area (Å²) in [5.41, 5.74) is 1.98. The van der Waals surface area contributed by atoms with Crippen molar-refractivity contribution in [3.05, 3.63) is 58.0 Å². The molecule has 0 bridgehead atoms. The number of benzene rings is 1. The lowest BCUT2D eigenvalue weighted by Crippen LogP contribution is -2.19. The van der Waals surface area contributed by atoms with Gasteiger partial charge in [0.1, 0.15) is 5.82 Å². The highest BCUT2D eigenvalue weighted by atomic mass is 32.1. The molecule has 0 fully saturated rings. The Labute approximate surface area is 98.9 Å². The fraction of sp³-hybridized carbons (Fsp3) is 0.231. The Hall–Kier alpha value is -1.19. The Bertz CT molecular complexity index is 439. The van der Waals surface area contributed by atoms with Crippen molar-refractivity contribution in [3.63, 3.8) is 0 Å². The number of likely N-dealkylation sites (N-methyl/N-ethyl adjacent to an activating group) is 1. The number of hydrogen-bond donors (Lipinski definition) is 1. The van der Waals surface area contributed by atoms with Gasteiger partial charge in [-0.2, -0.15) is 11.3 Å². The molecule has 16 heavy (non-hydrogen) atoms. The van der Waals surface area contributed by atoms with Crippen molar-refractivity contribution in [2.45, 2.75) is 12.5 Å². The summed E-state index contributed by atoms with van der Waals surface area (Å²) in [7, 11) is 1.86. The van der Waals surface area contributed by atoms with Crippen molar-refractivity contribution in [3.8, 4) is 0 Å². The molecule has 0 aliphatic heterocycles. The molecular formula is C13H14FNS. The Morgan fingerprint density at radius 1 is 1.31 bits per heavy atom. The Morgan fingerprint density at radius 3 is 2.75 bits per heavy atom. The quantitative estimate of drug-likeness (QED) is 0.856. The van der Waals surface area contributed by atoms with Gasteiger partial charge < -0.3 is 5.32 Å². The second kappa shape index (κ2) is 5.23. The molecule has 0 aliphatic carbocycles. The molecule has 1 unspecified atom stereocenters. The van der Waals surface area contributed by atoms with Crippen LogP contribution in [0.15, 0.2) is 41.1 Å². The minimum atomic E-state index is -0.142. The molecule has 0 amide bonds. The van der Waals surface area contributed by atoms with Crippen molar-refractivity contribution in [2.24, 2.45) is 0 Å². The maximum Gasteiger partial charge on any atom is 0.127 e. The van der Waals surface area contributed by atoms with Crippen LogP contribution < -0.4 is 5.32 Å². The van der Waals surface area contributed by atoms with Gasteiger partial charge in [-0.15, -0.1) is 0 Å². The van der Waals surface area contributed by atoms with Crippen LogP contribution >= 0.6 is 11.3 Å². The molecule has 1 aromatic heterocycles. The van der Waals surface area contributed by atoms with E-state index in [-0.39, 0.29) is 11.9 Å². The predicted molar refractivity (Wildman–Crippen MR) is 66.2 cm³/mol. The van der Waals surface area contributed by atoms with Gasteiger partial charge in [-0.1, -0.05) is 18.2 Å². The van der Waals surface area contributed by atoms with Crippen LogP contribution in [0.2, 0.25) is 0 Å². The van der Waals surface area contributed by atoms with Crippen molar-refractivity contribution < 1.29 is 4.39 Å². The molecule has 0 saturated heterocycles. The van der Waals surface area contributed by atoms with Crippen LogP contribution in [-0.2, 0) is 6.42 Å². The van der Waals surface area contributed by atoms with E-state index in [4.69, 9.17) is 0 Å². The SMILES string of the molecule is CNC(Cc1ccsc1)c1ccccc1F. The minimum Gasteiger partial charge on any atom is -0.313 e. The molecule has 1 heterocycles. The fourth-order valence-electron chi connectivity index (χ4n) is 1.77. The van der Waals surface area contributed by atoms with Gasteiger partial charge in [0.2, 0.25) is 0 Å². The molecule has 2 aromatic rings. The summed E-state index contributed by atoms with van der Waals surface area (Å²) in [6.45, 7) is 0. The zero-order chi connectivity index (χ0) is 11.4. The Morgan fingerprint density at radius 2 is 2.12 bits per heavy atom. The molecule has 0 radical (unpaired) electrons. The Balaban J connectivity index is 2.20. The summed E-state index contributed by atoms with van der Waals surface area (Å²) >= 11 is 1.67. The summed E-state index contributed by atoms with van der Waals surface area (Å²) in [5, 5.41) is 7.31. The number of nitrogens with one attached hydrogen (secondary N) is 1. The van der Waals surface area contributed by atoms with E-state index in [2.05, 4.69) is 16.8 Å². The average molecular weight is 235 g/mol. The first-order valence-corrected chi connectivity index (χ1v) is 6.18. The Kier molecular flexibility index (Phi) is 3.70. The standard InChI is InChI=1S/C13H14FNS/c1-15-13(8-10-6-7-16-9-10)11-4-2-3-5-12(11)14/h2-7,9,13,15H,8H2,1H3. The number of thiophene rings is 1. The van der Waals surface area contributed by atoms with Crippen LogP contribution in [0.3, 0.4) is 0 Å². The van der Waals surface area contributed by atoms with Crippen LogP contribution in [0.25, 0.3) is 0 Å². The van der Waals surface area contributed by atoms with Gasteiger partial charge in [0.15, 0.2) is 0 Å². The van der Waals surface area contributed by atoms with E-state index in [1.807, 2.05) is 24.6 Å². The summed E-state index contributed by atoms with van der Waals surface area (Å²) in [5.74, 6) is -0.142. The lowest BCUT2D eigenvalue weighted by atomic mass is 10.0. The number of rotatable bonds is 4. The van der Waals surface area contributed by atoms with Gasteiger partial charge in [-0.05, 0) is 41.9 Å². The highest BCUT2D eigenvalue weighted by Crippen LogP contribution is 2.21. The van der Waals surface area contributed by atoms with Crippen molar-refractivity contribution in [2.75, 3.05) is 7.05 Å². The van der Waals surface area contributed by atoms with Crippen molar-refractivity contribution in [1.82, 2.24) is 5.32 Å². The number of hydrogen-bond acceptors (Lipinski definition) is 2. The highest BCUT2D eigenvalue weighted by molar-refractivity contribution is 7.07. The molecular weight excluding hydrogens is 221 g/mol. The van der Waals surface area contributed by atoms with Gasteiger partial charge in [-0.25, -0.2) is 4.39 Å². The predicted octanol–water partition coefficient (Wildman–Crippen LogP) is 3.39. The maximum atomic E-state index is 13.6. The lowest BCUT2D eigenvalue weighted by Gasteiger charge is -2.16. The van der Waals surface area contributed by atoms with Crippen molar-refractivity contribution >= 4 is 11.3 Å². The first-order chi connectivity index (χ1) is 7.81. The second-order valence-electron chi connectivity index (χ2n) is 3.70. The highest BCUT2D eigenvalue weighted by Gasteiger charge is 2.13. The van der Waals surface area contributed by atoms with Crippen LogP contribution in [0.1, 0.15) is 17.2 Å². The summed E-state index contributed by atoms with van der Waals surface area (Å²) in [4.78, 5) is 0. The van der Waals surface area contributed by atoms with E-state index in [1.54, 1.807) is 17.4 Å². The van der Waals surface area contributed by atoms with E-state index in [9.17, 15) is 4.39 Å². The number of halogens is 1. The largest absolute Gasteiger partial charge is 0.313 e. The third kappa shape index (κ3) is 2.49. The zero-order valence-electron chi connectivity index (χ0n) is 9.11. The summed E-state index contributed by atoms with van der Waals surface area (Å²) < 4.78 is 13.6. The summed E-state index contributed by atoms with van der Waals surface area (Å²) in [6.07, 6.45) is 0.820. The van der Waals surface area contributed by atoms with E-state index >= 15 is 0 Å². The molecule has 1 atom stereocenters. The normalized spacial score (nSPS) is 12.6. The first kappa shape index (κ1) is 11.3. The van der Waals surface area contributed by atoms with Gasteiger partial charge >= 0.3 is 0 Å². The lowest BCUT2D eigenvalue weighted by molar-refractivity contribution is 0.534. The molecule has 0 spiro atoms. The van der Waals surface area contributed by atoms with Crippen LogP contribution in [0.5, 0.6) is 0 Å². The van der Waals surface area contributed by atoms with E-state index in [1.165, 1.54) is 11.6 Å². The molecule has 0 saturated carbocycles. The van der Waals surface area contributed by atoms with E-state index in [0.29, 0.717) is 0 Å². The average Bonchev–Trinajstić information content (AvgIpc) is 2.80. The van der Waals surface area contributed by atoms with Gasteiger partial charge in [0, 0.05) is 11.6 Å². The topological polar surface area (TPSA) is 12.0 Å².